The molecule has 24 heavy (non-hydrogen) atoms. The molecule has 2 aromatic heterocycles. The van der Waals surface area contributed by atoms with Gasteiger partial charge in [-0.3, -0.25) is 9.78 Å². The molecule has 2 aromatic rings. The van der Waals surface area contributed by atoms with Crippen molar-refractivity contribution >= 4 is 5.91 Å². The molecule has 1 amide bonds. The molecule has 0 aromatic carbocycles. The van der Waals surface area contributed by atoms with Gasteiger partial charge in [0.25, 0.3) is 0 Å². The summed E-state index contributed by atoms with van der Waals surface area (Å²) in [6, 6.07) is 3.71. The molecule has 128 valence electrons. The first-order valence-electron chi connectivity index (χ1n) is 8.35. The highest BCUT2D eigenvalue weighted by Crippen LogP contribution is 2.15. The van der Waals surface area contributed by atoms with Gasteiger partial charge in [-0.1, -0.05) is 5.16 Å². The van der Waals surface area contributed by atoms with Gasteiger partial charge in [0.05, 0.1) is 6.10 Å². The second-order valence-corrected chi connectivity index (χ2v) is 5.98. The van der Waals surface area contributed by atoms with E-state index >= 15 is 0 Å². The Kier molecular flexibility index (Phi) is 5.53. The summed E-state index contributed by atoms with van der Waals surface area (Å²) in [4.78, 5) is 22.6. The highest BCUT2D eigenvalue weighted by Gasteiger charge is 2.19. The summed E-state index contributed by atoms with van der Waals surface area (Å²) in [5.74, 6) is 1.25. The number of pyridine rings is 1. The molecular formula is C17H22N4O3. The third kappa shape index (κ3) is 4.38. The third-order valence-corrected chi connectivity index (χ3v) is 3.97. The Morgan fingerprint density at radius 3 is 3.21 bits per heavy atom. The molecule has 1 aliphatic heterocycles. The van der Waals surface area contributed by atoms with E-state index < -0.39 is 0 Å². The average Bonchev–Trinajstić information content (AvgIpc) is 2.96. The number of nitrogens with zero attached hydrogens (tertiary/aromatic N) is 4. The van der Waals surface area contributed by atoms with Crippen LogP contribution in [0.2, 0.25) is 0 Å². The molecule has 0 radical (unpaired) electrons. The molecule has 0 aliphatic carbocycles. The molecular weight excluding hydrogens is 308 g/mol. The Bertz CT molecular complexity index is 659. The molecule has 7 heteroatoms. The summed E-state index contributed by atoms with van der Waals surface area (Å²) in [5, 5.41) is 3.96. The minimum absolute atomic E-state index is 0.106. The van der Waals surface area contributed by atoms with E-state index in [0.29, 0.717) is 37.5 Å². The van der Waals surface area contributed by atoms with Gasteiger partial charge in [0.1, 0.15) is 0 Å². The van der Waals surface area contributed by atoms with Gasteiger partial charge in [-0.05, 0) is 31.9 Å². The largest absolute Gasteiger partial charge is 0.377 e. The van der Waals surface area contributed by atoms with Crippen molar-refractivity contribution in [3.8, 4) is 11.4 Å². The molecule has 7 nitrogen and oxygen atoms in total. The highest BCUT2D eigenvalue weighted by atomic mass is 16.5. The maximum Gasteiger partial charge on any atom is 0.226 e. The van der Waals surface area contributed by atoms with Gasteiger partial charge >= 0.3 is 0 Å². The minimum atomic E-state index is 0.106. The maximum atomic E-state index is 12.3. The number of hydrogen-bond donors (Lipinski definition) is 0. The second-order valence-electron chi connectivity index (χ2n) is 5.98. The number of carbonyl (C=O) groups excluding carboxylic acids is 1. The number of hydrogen-bond acceptors (Lipinski definition) is 6. The Labute approximate surface area is 141 Å². The van der Waals surface area contributed by atoms with E-state index in [4.69, 9.17) is 9.26 Å². The van der Waals surface area contributed by atoms with Crippen LogP contribution >= 0.6 is 0 Å². The van der Waals surface area contributed by atoms with Crippen LogP contribution in [-0.2, 0) is 16.0 Å². The van der Waals surface area contributed by atoms with Crippen LogP contribution in [0.1, 0.15) is 32.1 Å². The van der Waals surface area contributed by atoms with E-state index in [2.05, 4.69) is 15.1 Å². The lowest BCUT2D eigenvalue weighted by Crippen LogP contribution is -2.35. The van der Waals surface area contributed by atoms with Crippen LogP contribution in [0.15, 0.2) is 29.0 Å². The van der Waals surface area contributed by atoms with Gasteiger partial charge < -0.3 is 14.2 Å². The van der Waals surface area contributed by atoms with Crippen molar-refractivity contribution in [2.45, 2.75) is 38.7 Å². The highest BCUT2D eigenvalue weighted by molar-refractivity contribution is 5.76. The van der Waals surface area contributed by atoms with Gasteiger partial charge in [0, 0.05) is 50.5 Å². The molecule has 0 spiro atoms. The van der Waals surface area contributed by atoms with Gasteiger partial charge in [0.2, 0.25) is 17.6 Å². The predicted molar refractivity (Wildman–Crippen MR) is 87.1 cm³/mol. The number of rotatable bonds is 5. The van der Waals surface area contributed by atoms with Crippen molar-refractivity contribution < 1.29 is 14.1 Å². The van der Waals surface area contributed by atoms with Crippen LogP contribution in [-0.4, -0.2) is 51.7 Å². The second kappa shape index (κ2) is 8.01. The van der Waals surface area contributed by atoms with E-state index in [1.54, 1.807) is 12.4 Å². The lowest BCUT2D eigenvalue weighted by atomic mass is 10.2. The first-order chi connectivity index (χ1) is 11.7. The number of aromatic nitrogens is 3. The number of amides is 1. The lowest BCUT2D eigenvalue weighted by molar-refractivity contribution is -0.132. The summed E-state index contributed by atoms with van der Waals surface area (Å²) in [6.45, 7) is 4.17. The average molecular weight is 330 g/mol. The molecule has 3 rings (SSSR count). The monoisotopic (exact) mass is 330 g/mol. The molecule has 1 atom stereocenters. The van der Waals surface area contributed by atoms with Crippen molar-refractivity contribution in [1.82, 2.24) is 20.0 Å². The summed E-state index contributed by atoms with van der Waals surface area (Å²) in [6.07, 6.45) is 6.17. The van der Waals surface area contributed by atoms with E-state index in [1.807, 2.05) is 24.0 Å². The summed E-state index contributed by atoms with van der Waals surface area (Å²) < 4.78 is 10.8. The molecule has 0 bridgehead atoms. The molecule has 1 aliphatic rings. The number of ether oxygens (including phenoxy) is 1. The third-order valence-electron chi connectivity index (χ3n) is 3.97. The SMILES string of the molecule is C[C@@H]1CN(C(=O)CCCc2nc(-c3cccnc3)no2)CCCO1. The van der Waals surface area contributed by atoms with E-state index in [9.17, 15) is 4.79 Å². The van der Waals surface area contributed by atoms with Crippen LogP contribution in [0.3, 0.4) is 0 Å². The Balaban J connectivity index is 1.48. The molecule has 3 heterocycles. The molecule has 0 unspecified atom stereocenters. The zero-order valence-corrected chi connectivity index (χ0v) is 13.9. The molecule has 0 saturated carbocycles. The van der Waals surface area contributed by atoms with Crippen LogP contribution in [0, 0.1) is 0 Å². The summed E-state index contributed by atoms with van der Waals surface area (Å²) in [5.41, 5.74) is 0.821. The summed E-state index contributed by atoms with van der Waals surface area (Å²) >= 11 is 0. The Hall–Kier alpha value is -2.28. The van der Waals surface area contributed by atoms with Crippen molar-refractivity contribution in [2.75, 3.05) is 19.7 Å². The van der Waals surface area contributed by atoms with Gasteiger partial charge in [0.15, 0.2) is 0 Å². The molecule has 1 saturated heterocycles. The van der Waals surface area contributed by atoms with E-state index in [1.165, 1.54) is 0 Å². The Morgan fingerprint density at radius 2 is 2.38 bits per heavy atom. The number of carbonyl (C=O) groups is 1. The van der Waals surface area contributed by atoms with Crippen LogP contribution in [0.5, 0.6) is 0 Å². The molecule has 1 fully saturated rings. The van der Waals surface area contributed by atoms with Gasteiger partial charge in [-0.2, -0.15) is 4.98 Å². The van der Waals surface area contributed by atoms with Gasteiger partial charge in [-0.25, -0.2) is 0 Å². The smallest absolute Gasteiger partial charge is 0.226 e. The van der Waals surface area contributed by atoms with E-state index in [-0.39, 0.29) is 12.0 Å². The van der Waals surface area contributed by atoms with E-state index in [0.717, 1.165) is 25.1 Å². The van der Waals surface area contributed by atoms with Gasteiger partial charge in [-0.15, -0.1) is 0 Å². The standard InChI is InChI=1S/C17H22N4O3/c1-13-12-21(9-4-10-23-13)16(22)7-2-6-15-19-17(20-24-15)14-5-3-8-18-11-14/h3,5,8,11,13H,2,4,6-7,9-10,12H2,1H3/t13-/m1/s1. The Morgan fingerprint density at radius 1 is 1.46 bits per heavy atom. The van der Waals surface area contributed by atoms with Crippen LogP contribution in [0.4, 0.5) is 0 Å². The fraction of sp³-hybridized carbons (Fsp3) is 0.529. The fourth-order valence-electron chi connectivity index (χ4n) is 2.74. The minimum Gasteiger partial charge on any atom is -0.377 e. The topological polar surface area (TPSA) is 81.4 Å². The maximum absolute atomic E-state index is 12.3. The lowest BCUT2D eigenvalue weighted by Gasteiger charge is -2.22. The zero-order valence-electron chi connectivity index (χ0n) is 13.9. The van der Waals surface area contributed by atoms with Crippen molar-refractivity contribution in [2.24, 2.45) is 0 Å². The van der Waals surface area contributed by atoms with Crippen molar-refractivity contribution in [3.63, 3.8) is 0 Å². The predicted octanol–water partition coefficient (Wildman–Crippen LogP) is 2.09. The zero-order chi connectivity index (χ0) is 16.8. The van der Waals surface area contributed by atoms with Crippen LogP contribution in [0.25, 0.3) is 11.4 Å². The first kappa shape index (κ1) is 16.6. The normalized spacial score (nSPS) is 18.4. The van der Waals surface area contributed by atoms with Crippen molar-refractivity contribution in [1.29, 1.82) is 0 Å². The summed E-state index contributed by atoms with van der Waals surface area (Å²) in [7, 11) is 0. The quantitative estimate of drug-likeness (QED) is 0.835. The van der Waals surface area contributed by atoms with Crippen LogP contribution < -0.4 is 0 Å². The number of aryl methyl sites for hydroxylation is 1. The first-order valence-corrected chi connectivity index (χ1v) is 8.35. The fourth-order valence-corrected chi connectivity index (χ4v) is 2.74. The molecule has 0 N–H and O–H groups in total. The van der Waals surface area contributed by atoms with Crippen molar-refractivity contribution in [3.05, 3.63) is 30.4 Å².